The number of hydrogen-bond donors (Lipinski definition) is 1. The summed E-state index contributed by atoms with van der Waals surface area (Å²) < 4.78 is 9.87. The van der Waals surface area contributed by atoms with Crippen LogP contribution in [0.3, 0.4) is 0 Å². The molecule has 0 aliphatic heterocycles. The Bertz CT molecular complexity index is 71.9. The number of ether oxygens (including phenoxy) is 1. The molecule has 62 valence electrons. The highest BCUT2D eigenvalue weighted by Crippen LogP contribution is 2.31. The molecule has 0 rings (SSSR count). The molecule has 5 heteroatoms. The summed E-state index contributed by atoms with van der Waals surface area (Å²) in [5.74, 6) is 0.501. The van der Waals surface area contributed by atoms with Crippen LogP contribution in [0.25, 0.3) is 0 Å². The van der Waals surface area contributed by atoms with E-state index in [-0.39, 0.29) is 0 Å². The standard InChI is InChI=1S/C5H13O3PS/c1-3-4-7-5-10-8-9(2)6/h6H,3-5H2,1-2H3. The molecule has 0 fully saturated rings. The van der Waals surface area contributed by atoms with Gasteiger partial charge in [-0.15, -0.1) is 0 Å². The van der Waals surface area contributed by atoms with Gasteiger partial charge in [-0.3, -0.25) is 3.97 Å². The van der Waals surface area contributed by atoms with E-state index in [2.05, 4.69) is 0 Å². The molecule has 0 amide bonds. The maximum Gasteiger partial charge on any atom is 0.178 e. The lowest BCUT2D eigenvalue weighted by atomic mass is 10.5. The minimum Gasteiger partial charge on any atom is -0.368 e. The van der Waals surface area contributed by atoms with Crippen LogP contribution in [0.5, 0.6) is 0 Å². The second-order valence-corrected chi connectivity index (χ2v) is 3.68. The van der Waals surface area contributed by atoms with Gasteiger partial charge in [0.25, 0.3) is 0 Å². The lowest BCUT2D eigenvalue weighted by molar-refractivity contribution is 0.181. The van der Waals surface area contributed by atoms with E-state index in [4.69, 9.17) is 13.6 Å². The molecule has 0 aliphatic carbocycles. The van der Waals surface area contributed by atoms with Gasteiger partial charge in [0.05, 0.1) is 0 Å². The van der Waals surface area contributed by atoms with Gasteiger partial charge in [-0.05, 0) is 6.42 Å². The normalized spacial score (nSPS) is 13.5. The van der Waals surface area contributed by atoms with Gasteiger partial charge in [-0.1, -0.05) is 6.92 Å². The molecule has 0 radical (unpaired) electrons. The van der Waals surface area contributed by atoms with E-state index in [0.717, 1.165) is 25.1 Å². The lowest BCUT2D eigenvalue weighted by Gasteiger charge is -2.03. The SMILES string of the molecule is CCCOCSOP(C)O. The van der Waals surface area contributed by atoms with Crippen LogP contribution >= 0.6 is 20.4 Å². The Morgan fingerprint density at radius 3 is 2.80 bits per heavy atom. The molecule has 1 N–H and O–H groups in total. The molecule has 0 bridgehead atoms. The maximum atomic E-state index is 8.68. The zero-order chi connectivity index (χ0) is 7.82. The Hall–Kier alpha value is 0.660. The van der Waals surface area contributed by atoms with Gasteiger partial charge in [0, 0.05) is 25.3 Å². The minimum atomic E-state index is -1.24. The summed E-state index contributed by atoms with van der Waals surface area (Å²) in [5, 5.41) is 0. The smallest absolute Gasteiger partial charge is 0.178 e. The van der Waals surface area contributed by atoms with Crippen molar-refractivity contribution in [3.05, 3.63) is 0 Å². The molecule has 0 aromatic rings. The largest absolute Gasteiger partial charge is 0.368 e. The van der Waals surface area contributed by atoms with E-state index in [1.807, 2.05) is 6.92 Å². The van der Waals surface area contributed by atoms with Crippen molar-refractivity contribution in [3.63, 3.8) is 0 Å². The third-order valence-electron chi connectivity index (χ3n) is 0.640. The first kappa shape index (κ1) is 10.7. The van der Waals surface area contributed by atoms with Gasteiger partial charge in [0.1, 0.15) is 5.94 Å². The summed E-state index contributed by atoms with van der Waals surface area (Å²) in [6.07, 6.45) is 1.01. The molecule has 0 aliphatic rings. The van der Waals surface area contributed by atoms with Gasteiger partial charge in [-0.25, -0.2) is 0 Å². The fourth-order valence-corrected chi connectivity index (χ4v) is 1.30. The maximum absolute atomic E-state index is 8.68. The van der Waals surface area contributed by atoms with Gasteiger partial charge in [0.2, 0.25) is 0 Å². The molecule has 0 saturated heterocycles. The number of rotatable bonds is 6. The fraction of sp³-hybridized carbons (Fsp3) is 1.00. The quantitative estimate of drug-likeness (QED) is 0.296. The molecule has 0 aromatic heterocycles. The van der Waals surface area contributed by atoms with Crippen molar-refractivity contribution in [2.24, 2.45) is 0 Å². The highest BCUT2D eigenvalue weighted by atomic mass is 32.2. The molecule has 10 heavy (non-hydrogen) atoms. The zero-order valence-corrected chi connectivity index (χ0v) is 7.95. The van der Waals surface area contributed by atoms with E-state index in [0.29, 0.717) is 5.94 Å². The van der Waals surface area contributed by atoms with Crippen molar-refractivity contribution in [1.82, 2.24) is 0 Å². The van der Waals surface area contributed by atoms with Crippen LogP contribution in [0.2, 0.25) is 0 Å². The van der Waals surface area contributed by atoms with Crippen molar-refractivity contribution in [1.29, 1.82) is 0 Å². The van der Waals surface area contributed by atoms with Crippen LogP contribution in [0.15, 0.2) is 0 Å². The summed E-state index contributed by atoms with van der Waals surface area (Å²) in [6.45, 7) is 4.43. The van der Waals surface area contributed by atoms with E-state index in [1.165, 1.54) is 0 Å². The van der Waals surface area contributed by atoms with Crippen LogP contribution in [-0.4, -0.2) is 24.1 Å². The fourth-order valence-electron chi connectivity index (χ4n) is 0.335. The summed E-state index contributed by atoms with van der Waals surface area (Å²) >= 11 is 1.16. The Labute approximate surface area is 67.2 Å². The van der Waals surface area contributed by atoms with Gasteiger partial charge in [0.15, 0.2) is 8.38 Å². The van der Waals surface area contributed by atoms with Crippen molar-refractivity contribution < 1.29 is 13.6 Å². The Balaban J connectivity index is 2.77. The average molecular weight is 184 g/mol. The Morgan fingerprint density at radius 1 is 1.60 bits per heavy atom. The predicted octanol–water partition coefficient (Wildman–Crippen LogP) is 1.97. The summed E-state index contributed by atoms with van der Waals surface area (Å²) in [4.78, 5) is 8.68. The van der Waals surface area contributed by atoms with Gasteiger partial charge in [-0.2, -0.15) is 0 Å². The molecule has 0 spiro atoms. The highest BCUT2D eigenvalue weighted by molar-refractivity contribution is 7.97. The van der Waals surface area contributed by atoms with E-state index < -0.39 is 8.38 Å². The first-order chi connectivity index (χ1) is 4.77. The zero-order valence-electron chi connectivity index (χ0n) is 6.24. The van der Waals surface area contributed by atoms with Crippen LogP contribution in [0.4, 0.5) is 0 Å². The van der Waals surface area contributed by atoms with Crippen molar-refractivity contribution in [2.75, 3.05) is 19.2 Å². The summed E-state index contributed by atoms with van der Waals surface area (Å²) in [7, 11) is -1.24. The monoisotopic (exact) mass is 184 g/mol. The molecule has 0 heterocycles. The predicted molar refractivity (Wildman–Crippen MR) is 44.8 cm³/mol. The van der Waals surface area contributed by atoms with Crippen LogP contribution in [0.1, 0.15) is 13.3 Å². The second kappa shape index (κ2) is 7.76. The van der Waals surface area contributed by atoms with Gasteiger partial charge >= 0.3 is 0 Å². The van der Waals surface area contributed by atoms with Crippen molar-refractivity contribution >= 4 is 20.4 Å². The minimum absolute atomic E-state index is 0.501. The molecule has 1 atom stereocenters. The first-order valence-corrected chi connectivity index (χ1v) is 5.64. The second-order valence-electron chi connectivity index (χ2n) is 1.68. The Morgan fingerprint density at radius 2 is 2.30 bits per heavy atom. The van der Waals surface area contributed by atoms with Gasteiger partial charge < -0.3 is 9.63 Å². The van der Waals surface area contributed by atoms with E-state index in [9.17, 15) is 0 Å². The van der Waals surface area contributed by atoms with Crippen LogP contribution in [0, 0.1) is 0 Å². The topological polar surface area (TPSA) is 38.7 Å². The molecular weight excluding hydrogens is 171 g/mol. The highest BCUT2D eigenvalue weighted by Gasteiger charge is 1.94. The first-order valence-electron chi connectivity index (χ1n) is 3.07. The third-order valence-corrected chi connectivity index (χ3v) is 2.19. The Kier molecular flexibility index (Phi) is 8.28. The number of hydrogen-bond acceptors (Lipinski definition) is 4. The summed E-state index contributed by atoms with van der Waals surface area (Å²) in [6, 6.07) is 0. The molecule has 3 nitrogen and oxygen atoms in total. The molecular formula is C5H13O3PS. The summed E-state index contributed by atoms with van der Waals surface area (Å²) in [5.41, 5.74) is 0. The molecule has 0 saturated carbocycles. The molecule has 1 unspecified atom stereocenters. The third kappa shape index (κ3) is 8.66. The van der Waals surface area contributed by atoms with Crippen LogP contribution < -0.4 is 0 Å². The molecule has 0 aromatic carbocycles. The van der Waals surface area contributed by atoms with E-state index >= 15 is 0 Å². The van der Waals surface area contributed by atoms with E-state index in [1.54, 1.807) is 6.66 Å². The van der Waals surface area contributed by atoms with Crippen molar-refractivity contribution in [3.8, 4) is 0 Å². The van der Waals surface area contributed by atoms with Crippen molar-refractivity contribution in [2.45, 2.75) is 13.3 Å². The van der Waals surface area contributed by atoms with Crippen LogP contribution in [-0.2, 0) is 8.71 Å². The average Bonchev–Trinajstić information content (AvgIpc) is 1.87. The lowest BCUT2D eigenvalue weighted by Crippen LogP contribution is -1.90.